The Kier molecular flexibility index (Phi) is 8.42. The number of carboxylic acid groups (broad SMARTS) is 1. The summed E-state index contributed by atoms with van der Waals surface area (Å²) < 4.78 is 44.2. The lowest BCUT2D eigenvalue weighted by molar-refractivity contribution is -0.192. The number of hydrogen-bond donors (Lipinski definition) is 2. The van der Waals surface area contributed by atoms with Crippen molar-refractivity contribution in [3.63, 3.8) is 0 Å². The van der Waals surface area contributed by atoms with Crippen LogP contribution in [0.3, 0.4) is 0 Å². The minimum absolute atomic E-state index is 0.315. The molecule has 1 aliphatic heterocycles. The van der Waals surface area contributed by atoms with Gasteiger partial charge in [0, 0.05) is 30.3 Å². The van der Waals surface area contributed by atoms with Gasteiger partial charge in [-0.1, -0.05) is 23.2 Å². The Hall–Kier alpha value is -1.74. The highest BCUT2D eigenvalue weighted by Crippen LogP contribution is 2.24. The molecule has 26 heavy (non-hydrogen) atoms. The number of rotatable bonds is 4. The van der Waals surface area contributed by atoms with Crippen molar-refractivity contribution < 1.29 is 32.3 Å². The number of hydrogen-bond acceptors (Lipinski definition) is 3. The van der Waals surface area contributed by atoms with Crippen LogP contribution in [0.1, 0.15) is 6.42 Å². The van der Waals surface area contributed by atoms with E-state index in [9.17, 15) is 22.4 Å². The van der Waals surface area contributed by atoms with Crippen LogP contribution in [0.25, 0.3) is 0 Å². The van der Waals surface area contributed by atoms with Crippen LogP contribution in [0.2, 0.25) is 5.02 Å². The molecule has 2 unspecified atom stereocenters. The number of nitrogens with zero attached hydrogens (tertiary/aromatic N) is 1. The molecule has 1 aliphatic rings. The summed E-state index contributed by atoms with van der Waals surface area (Å²) in [5.41, 5.74) is -0.854. The Morgan fingerprint density at radius 2 is 1.85 bits per heavy atom. The van der Waals surface area contributed by atoms with E-state index in [0.717, 1.165) is 25.2 Å². The standard InChI is InChI=1S/C13H15Cl2FN2O.C2HF3O2/c14-10-1-3-11(4-2-10)18-6-5-9(8-18)7-17-13(19)12(15)16;3-2(4,5)1(6)7/h1-4,9,12H,5-8H2,(H,17,19);(H,6,7). The third kappa shape index (κ3) is 7.65. The molecule has 0 spiro atoms. The van der Waals surface area contributed by atoms with Gasteiger partial charge in [-0.15, -0.1) is 0 Å². The highest BCUT2D eigenvalue weighted by molar-refractivity contribution is 6.30. The van der Waals surface area contributed by atoms with E-state index >= 15 is 0 Å². The topological polar surface area (TPSA) is 69.6 Å². The zero-order valence-corrected chi connectivity index (χ0v) is 14.8. The maximum atomic E-state index is 12.5. The van der Waals surface area contributed by atoms with Gasteiger partial charge >= 0.3 is 12.1 Å². The van der Waals surface area contributed by atoms with Crippen LogP contribution in [0.15, 0.2) is 24.3 Å². The Labute approximate surface area is 156 Å². The number of alkyl halides is 5. The van der Waals surface area contributed by atoms with Crippen LogP contribution in [-0.4, -0.2) is 48.4 Å². The number of benzene rings is 1. The monoisotopic (exact) mass is 418 g/mol. The first-order chi connectivity index (χ1) is 12.0. The Balaban J connectivity index is 0.000000412. The lowest BCUT2D eigenvalue weighted by atomic mass is 10.1. The van der Waals surface area contributed by atoms with Crippen LogP contribution in [-0.2, 0) is 9.59 Å². The second-order valence-electron chi connectivity index (χ2n) is 5.43. The van der Waals surface area contributed by atoms with Crippen LogP contribution in [0.4, 0.5) is 23.2 Å². The first-order valence-corrected chi connectivity index (χ1v) is 8.18. The summed E-state index contributed by atoms with van der Waals surface area (Å²) in [7, 11) is 0. The van der Waals surface area contributed by atoms with Crippen LogP contribution in [0.5, 0.6) is 0 Å². The van der Waals surface area contributed by atoms with Gasteiger partial charge in [0.2, 0.25) is 0 Å². The van der Waals surface area contributed by atoms with Gasteiger partial charge in [-0.25, -0.2) is 9.18 Å². The van der Waals surface area contributed by atoms with Crippen LogP contribution < -0.4 is 10.2 Å². The summed E-state index contributed by atoms with van der Waals surface area (Å²) in [6.45, 7) is 2.21. The number of carbonyl (C=O) groups is 2. The number of nitrogens with one attached hydrogen (secondary N) is 1. The van der Waals surface area contributed by atoms with Crippen molar-refractivity contribution in [3.05, 3.63) is 29.3 Å². The van der Waals surface area contributed by atoms with Crippen molar-refractivity contribution in [1.82, 2.24) is 5.32 Å². The number of carboxylic acids is 1. The molecule has 1 fully saturated rings. The molecule has 1 aromatic rings. The molecule has 11 heteroatoms. The minimum atomic E-state index is -5.08. The van der Waals surface area contributed by atoms with Gasteiger partial charge in [-0.2, -0.15) is 13.2 Å². The number of halogens is 6. The fraction of sp³-hybridized carbons (Fsp3) is 0.467. The van der Waals surface area contributed by atoms with Crippen molar-refractivity contribution in [3.8, 4) is 0 Å². The molecular weight excluding hydrogens is 403 g/mol. The van der Waals surface area contributed by atoms with E-state index in [4.69, 9.17) is 33.1 Å². The van der Waals surface area contributed by atoms with Gasteiger partial charge < -0.3 is 15.3 Å². The molecule has 1 saturated heterocycles. The lowest BCUT2D eigenvalue weighted by Crippen LogP contribution is -2.34. The molecule has 1 aromatic carbocycles. The Morgan fingerprint density at radius 1 is 1.31 bits per heavy atom. The first kappa shape index (κ1) is 22.3. The predicted molar refractivity (Wildman–Crippen MR) is 89.2 cm³/mol. The van der Waals surface area contributed by atoms with E-state index in [1.165, 1.54) is 0 Å². The highest BCUT2D eigenvalue weighted by atomic mass is 35.5. The van der Waals surface area contributed by atoms with Gasteiger partial charge in [0.15, 0.2) is 0 Å². The molecule has 1 amide bonds. The molecule has 5 nitrogen and oxygen atoms in total. The van der Waals surface area contributed by atoms with Crippen molar-refractivity contribution in [2.45, 2.75) is 18.2 Å². The summed E-state index contributed by atoms with van der Waals surface area (Å²) in [6.07, 6.45) is -4.12. The maximum Gasteiger partial charge on any atom is 0.490 e. The largest absolute Gasteiger partial charge is 0.490 e. The number of aliphatic carboxylic acids is 1. The van der Waals surface area contributed by atoms with E-state index in [1.54, 1.807) is 0 Å². The molecule has 2 N–H and O–H groups in total. The molecule has 146 valence electrons. The molecule has 0 bridgehead atoms. The normalized spacial score (nSPS) is 17.9. The Morgan fingerprint density at radius 3 is 2.31 bits per heavy atom. The molecule has 2 rings (SSSR count). The van der Waals surface area contributed by atoms with Crippen molar-refractivity contribution >= 4 is 40.8 Å². The summed E-state index contributed by atoms with van der Waals surface area (Å²) in [4.78, 5) is 22.2. The van der Waals surface area contributed by atoms with Crippen molar-refractivity contribution in [2.75, 3.05) is 24.5 Å². The minimum Gasteiger partial charge on any atom is -0.475 e. The summed E-state index contributed by atoms with van der Waals surface area (Å²) in [5, 5.41) is 10.3. The number of amides is 1. The van der Waals surface area contributed by atoms with Crippen molar-refractivity contribution in [2.24, 2.45) is 5.92 Å². The van der Waals surface area contributed by atoms with E-state index < -0.39 is 23.7 Å². The van der Waals surface area contributed by atoms with Gasteiger partial charge in [0.05, 0.1) is 0 Å². The average molecular weight is 419 g/mol. The smallest absolute Gasteiger partial charge is 0.475 e. The molecule has 1 heterocycles. The zero-order valence-electron chi connectivity index (χ0n) is 13.3. The van der Waals surface area contributed by atoms with Gasteiger partial charge in [-0.3, -0.25) is 4.79 Å². The molecule has 0 aromatic heterocycles. The zero-order chi connectivity index (χ0) is 19.9. The van der Waals surface area contributed by atoms with E-state index in [-0.39, 0.29) is 0 Å². The van der Waals surface area contributed by atoms with Crippen LogP contribution in [0, 0.1) is 5.92 Å². The molecule has 0 radical (unpaired) electrons. The van der Waals surface area contributed by atoms with E-state index in [0.29, 0.717) is 17.5 Å². The fourth-order valence-electron chi connectivity index (χ4n) is 2.21. The predicted octanol–water partition coefficient (Wildman–Crippen LogP) is 3.45. The highest BCUT2D eigenvalue weighted by Gasteiger charge is 2.38. The fourth-order valence-corrected chi connectivity index (χ4v) is 2.41. The number of anilines is 1. The first-order valence-electron chi connectivity index (χ1n) is 7.37. The second-order valence-corrected chi connectivity index (χ2v) is 6.25. The van der Waals surface area contributed by atoms with E-state index in [1.807, 2.05) is 24.3 Å². The van der Waals surface area contributed by atoms with Crippen LogP contribution >= 0.6 is 23.2 Å². The maximum absolute atomic E-state index is 12.5. The Bertz CT molecular complexity index is 612. The third-order valence-electron chi connectivity index (χ3n) is 3.48. The quantitative estimate of drug-likeness (QED) is 0.580. The SMILES string of the molecule is O=C(NCC1CCN(c2ccc(Cl)cc2)C1)C(F)Cl.O=C(O)C(F)(F)F. The van der Waals surface area contributed by atoms with Gasteiger partial charge in [0.25, 0.3) is 11.5 Å². The van der Waals surface area contributed by atoms with Crippen molar-refractivity contribution in [1.29, 1.82) is 0 Å². The lowest BCUT2D eigenvalue weighted by Gasteiger charge is -2.19. The molecular formula is C15H16Cl2F4N2O3. The third-order valence-corrected chi connectivity index (χ3v) is 3.93. The summed E-state index contributed by atoms with van der Waals surface area (Å²) in [5.74, 6) is -3.20. The van der Waals surface area contributed by atoms with Gasteiger partial charge in [-0.05, 0) is 36.6 Å². The molecule has 0 saturated carbocycles. The summed E-state index contributed by atoms with van der Waals surface area (Å²) >= 11 is 10.9. The van der Waals surface area contributed by atoms with Gasteiger partial charge in [0.1, 0.15) is 0 Å². The number of carbonyl (C=O) groups excluding carboxylic acids is 1. The molecule has 2 atom stereocenters. The average Bonchev–Trinajstić information content (AvgIpc) is 3.01. The van der Waals surface area contributed by atoms with E-state index in [2.05, 4.69) is 10.2 Å². The molecule has 0 aliphatic carbocycles. The second kappa shape index (κ2) is 9.82. The summed E-state index contributed by atoms with van der Waals surface area (Å²) in [6, 6.07) is 7.65.